The number of hydrogen-bond donors (Lipinski definition) is 1. The highest BCUT2D eigenvalue weighted by Crippen LogP contribution is 2.07. The van der Waals surface area contributed by atoms with Gasteiger partial charge in [-0.1, -0.05) is 0 Å². The topological polar surface area (TPSA) is 68.0 Å². The number of rotatable bonds is 4. The molecule has 5 heteroatoms. The monoisotopic (exact) mass is 217 g/mol. The van der Waals surface area contributed by atoms with Crippen molar-refractivity contribution in [3.63, 3.8) is 0 Å². The summed E-state index contributed by atoms with van der Waals surface area (Å²) in [6.07, 6.45) is 7.45. The zero-order valence-corrected chi connectivity index (χ0v) is 8.58. The van der Waals surface area contributed by atoms with E-state index in [-0.39, 0.29) is 6.42 Å². The summed E-state index contributed by atoms with van der Waals surface area (Å²) in [6, 6.07) is 3.75. The van der Waals surface area contributed by atoms with Crippen molar-refractivity contribution in [2.24, 2.45) is 0 Å². The van der Waals surface area contributed by atoms with Gasteiger partial charge in [-0.05, 0) is 12.1 Å². The molecule has 0 radical (unpaired) electrons. The summed E-state index contributed by atoms with van der Waals surface area (Å²) < 4.78 is 1.82. The fraction of sp³-hybridized carbons (Fsp3) is 0.182. The molecule has 2 aromatic rings. The standard InChI is InChI=1S/C11H11N3O2/c15-11(16)4-3-9-7-14(8-13-9)10-2-1-5-12-6-10/h1-2,5-8H,3-4H2,(H,15,16). The number of carbonyl (C=O) groups is 1. The number of aliphatic carboxylic acids is 1. The lowest BCUT2D eigenvalue weighted by atomic mass is 10.2. The third-order valence-electron chi connectivity index (χ3n) is 2.18. The number of hydrogen-bond acceptors (Lipinski definition) is 3. The molecule has 2 aromatic heterocycles. The fourth-order valence-electron chi connectivity index (χ4n) is 1.38. The Kier molecular flexibility index (Phi) is 2.95. The molecule has 0 bridgehead atoms. The normalized spacial score (nSPS) is 10.2. The number of aryl methyl sites for hydroxylation is 1. The van der Waals surface area contributed by atoms with Gasteiger partial charge in [0.15, 0.2) is 0 Å². The van der Waals surface area contributed by atoms with Crippen LogP contribution in [0.4, 0.5) is 0 Å². The second-order valence-corrected chi connectivity index (χ2v) is 3.38. The van der Waals surface area contributed by atoms with E-state index in [4.69, 9.17) is 5.11 Å². The molecule has 0 amide bonds. The van der Waals surface area contributed by atoms with Crippen LogP contribution in [0.1, 0.15) is 12.1 Å². The van der Waals surface area contributed by atoms with Gasteiger partial charge in [-0.3, -0.25) is 9.78 Å². The fourth-order valence-corrected chi connectivity index (χ4v) is 1.38. The second kappa shape index (κ2) is 4.57. The maximum atomic E-state index is 10.4. The maximum Gasteiger partial charge on any atom is 0.303 e. The molecule has 82 valence electrons. The van der Waals surface area contributed by atoms with Crippen LogP contribution >= 0.6 is 0 Å². The first-order chi connectivity index (χ1) is 7.75. The summed E-state index contributed by atoms with van der Waals surface area (Å²) in [5, 5.41) is 8.55. The van der Waals surface area contributed by atoms with E-state index in [9.17, 15) is 4.79 Å². The molecule has 0 aliphatic carbocycles. The van der Waals surface area contributed by atoms with Gasteiger partial charge >= 0.3 is 5.97 Å². The van der Waals surface area contributed by atoms with Crippen molar-refractivity contribution < 1.29 is 9.90 Å². The van der Waals surface area contributed by atoms with E-state index in [0.717, 1.165) is 11.4 Å². The van der Waals surface area contributed by atoms with Crippen LogP contribution in [0, 0.1) is 0 Å². The van der Waals surface area contributed by atoms with Gasteiger partial charge in [0.1, 0.15) is 0 Å². The third-order valence-corrected chi connectivity index (χ3v) is 2.18. The number of pyridine rings is 1. The van der Waals surface area contributed by atoms with Gasteiger partial charge in [-0.25, -0.2) is 4.98 Å². The summed E-state index contributed by atoms with van der Waals surface area (Å²) >= 11 is 0. The minimum Gasteiger partial charge on any atom is -0.481 e. The first-order valence-electron chi connectivity index (χ1n) is 4.91. The maximum absolute atomic E-state index is 10.4. The summed E-state index contributed by atoms with van der Waals surface area (Å²) in [5.74, 6) is -0.809. The molecular formula is C11H11N3O2. The summed E-state index contributed by atoms with van der Waals surface area (Å²) in [7, 11) is 0. The molecule has 0 aliphatic rings. The van der Waals surface area contributed by atoms with Crippen molar-refractivity contribution in [1.82, 2.24) is 14.5 Å². The zero-order chi connectivity index (χ0) is 11.4. The van der Waals surface area contributed by atoms with E-state index < -0.39 is 5.97 Å². The van der Waals surface area contributed by atoms with Crippen LogP contribution in [0.15, 0.2) is 37.1 Å². The molecule has 0 aliphatic heterocycles. The lowest BCUT2D eigenvalue weighted by Gasteiger charge is -1.98. The summed E-state index contributed by atoms with van der Waals surface area (Å²) in [4.78, 5) is 18.5. The largest absolute Gasteiger partial charge is 0.481 e. The molecule has 0 aromatic carbocycles. The Labute approximate surface area is 92.4 Å². The molecule has 2 rings (SSSR count). The van der Waals surface area contributed by atoms with E-state index >= 15 is 0 Å². The number of aromatic nitrogens is 3. The number of imidazole rings is 1. The van der Waals surface area contributed by atoms with Crippen LogP contribution in [0.5, 0.6) is 0 Å². The van der Waals surface area contributed by atoms with Crippen LogP contribution in [0.3, 0.4) is 0 Å². The first kappa shape index (κ1) is 10.4. The third kappa shape index (κ3) is 2.44. The van der Waals surface area contributed by atoms with E-state index in [1.807, 2.05) is 22.9 Å². The van der Waals surface area contributed by atoms with E-state index in [1.165, 1.54) is 0 Å². The van der Waals surface area contributed by atoms with Gasteiger partial charge in [-0.15, -0.1) is 0 Å². The van der Waals surface area contributed by atoms with Crippen molar-refractivity contribution in [1.29, 1.82) is 0 Å². The van der Waals surface area contributed by atoms with Crippen molar-refractivity contribution in [3.05, 3.63) is 42.7 Å². The van der Waals surface area contributed by atoms with Crippen LogP contribution in [-0.4, -0.2) is 25.6 Å². The van der Waals surface area contributed by atoms with Gasteiger partial charge in [-0.2, -0.15) is 0 Å². The SMILES string of the molecule is O=C(O)CCc1cn(-c2cccnc2)cn1. The summed E-state index contributed by atoms with van der Waals surface area (Å²) in [6.45, 7) is 0. The lowest BCUT2D eigenvalue weighted by molar-refractivity contribution is -0.136. The van der Waals surface area contributed by atoms with Crippen molar-refractivity contribution in [3.8, 4) is 5.69 Å². The van der Waals surface area contributed by atoms with Gasteiger partial charge in [0, 0.05) is 18.8 Å². The van der Waals surface area contributed by atoms with Crippen molar-refractivity contribution >= 4 is 5.97 Å². The smallest absolute Gasteiger partial charge is 0.303 e. The Morgan fingerprint density at radius 2 is 2.38 bits per heavy atom. The molecule has 0 spiro atoms. The molecule has 16 heavy (non-hydrogen) atoms. The predicted molar refractivity (Wildman–Crippen MR) is 57.3 cm³/mol. The van der Waals surface area contributed by atoms with Gasteiger partial charge in [0.25, 0.3) is 0 Å². The Balaban J connectivity index is 2.11. The molecule has 0 unspecified atom stereocenters. The number of nitrogens with zero attached hydrogens (tertiary/aromatic N) is 3. The average molecular weight is 217 g/mol. The van der Waals surface area contributed by atoms with Crippen LogP contribution < -0.4 is 0 Å². The molecule has 0 saturated carbocycles. The minimum absolute atomic E-state index is 0.101. The van der Waals surface area contributed by atoms with Gasteiger partial charge < -0.3 is 9.67 Å². The Bertz CT molecular complexity index is 479. The van der Waals surface area contributed by atoms with Crippen molar-refractivity contribution in [2.45, 2.75) is 12.8 Å². The average Bonchev–Trinajstić information content (AvgIpc) is 2.76. The molecule has 0 saturated heterocycles. The summed E-state index contributed by atoms with van der Waals surface area (Å²) in [5.41, 5.74) is 1.68. The predicted octanol–water partition coefficient (Wildman–Crippen LogP) is 1.28. The van der Waals surface area contributed by atoms with Crippen molar-refractivity contribution in [2.75, 3.05) is 0 Å². The van der Waals surface area contributed by atoms with E-state index in [0.29, 0.717) is 6.42 Å². The first-order valence-corrected chi connectivity index (χ1v) is 4.91. The Hall–Kier alpha value is -2.17. The molecule has 0 fully saturated rings. The van der Waals surface area contributed by atoms with E-state index in [1.54, 1.807) is 18.7 Å². The highest BCUT2D eigenvalue weighted by molar-refractivity contribution is 5.66. The van der Waals surface area contributed by atoms with Crippen LogP contribution in [-0.2, 0) is 11.2 Å². The zero-order valence-electron chi connectivity index (χ0n) is 8.58. The Morgan fingerprint density at radius 1 is 1.50 bits per heavy atom. The molecule has 5 nitrogen and oxygen atoms in total. The highest BCUT2D eigenvalue weighted by Gasteiger charge is 2.03. The second-order valence-electron chi connectivity index (χ2n) is 3.38. The lowest BCUT2D eigenvalue weighted by Crippen LogP contribution is -1.97. The minimum atomic E-state index is -0.809. The molecular weight excluding hydrogens is 206 g/mol. The number of carboxylic acid groups (broad SMARTS) is 1. The van der Waals surface area contributed by atoms with Crippen LogP contribution in [0.25, 0.3) is 5.69 Å². The molecule has 1 N–H and O–H groups in total. The highest BCUT2D eigenvalue weighted by atomic mass is 16.4. The van der Waals surface area contributed by atoms with Gasteiger partial charge in [0.05, 0.1) is 30.3 Å². The van der Waals surface area contributed by atoms with E-state index in [2.05, 4.69) is 9.97 Å². The van der Waals surface area contributed by atoms with Crippen LogP contribution in [0.2, 0.25) is 0 Å². The number of carboxylic acids is 1. The molecule has 0 atom stereocenters. The Morgan fingerprint density at radius 3 is 3.06 bits per heavy atom. The quantitative estimate of drug-likeness (QED) is 0.837. The van der Waals surface area contributed by atoms with Gasteiger partial charge in [0.2, 0.25) is 0 Å². The molecule has 2 heterocycles.